The summed E-state index contributed by atoms with van der Waals surface area (Å²) in [5.41, 5.74) is 1.76. The Kier molecular flexibility index (Phi) is 8.32. The van der Waals surface area contributed by atoms with E-state index in [0.29, 0.717) is 31.2 Å². The zero-order chi connectivity index (χ0) is 21.2. The van der Waals surface area contributed by atoms with Gasteiger partial charge in [-0.1, -0.05) is 24.1 Å². The molecule has 1 aliphatic rings. The van der Waals surface area contributed by atoms with E-state index in [1.807, 2.05) is 43.3 Å². The number of aryl methyl sites for hydroxylation is 1. The second-order valence-corrected chi connectivity index (χ2v) is 7.63. The summed E-state index contributed by atoms with van der Waals surface area (Å²) < 4.78 is 5.70. The number of carbonyl (C=O) groups excluding carboxylic acids is 1. The lowest BCUT2D eigenvalue weighted by atomic mass is 10.1. The average Bonchev–Trinajstić information content (AvgIpc) is 3.30. The van der Waals surface area contributed by atoms with Crippen molar-refractivity contribution in [3.63, 3.8) is 0 Å². The highest BCUT2D eigenvalue weighted by Gasteiger charge is 2.24. The Morgan fingerprint density at radius 1 is 1.10 bits per heavy atom. The van der Waals surface area contributed by atoms with Gasteiger partial charge >= 0.3 is 0 Å². The van der Waals surface area contributed by atoms with Crippen molar-refractivity contribution in [2.75, 3.05) is 39.8 Å². The molecule has 7 heteroatoms. The number of furan rings is 1. The average molecular weight is 412 g/mol. The molecule has 1 saturated heterocycles. The largest absolute Gasteiger partial charge is 0.468 e. The summed E-state index contributed by atoms with van der Waals surface area (Å²) in [6.07, 6.45) is 5.48. The Labute approximate surface area is 178 Å². The van der Waals surface area contributed by atoms with Gasteiger partial charge in [-0.3, -0.25) is 14.7 Å². The molecule has 0 radical (unpaired) electrons. The molecule has 1 aromatic carbocycles. The number of benzene rings is 1. The van der Waals surface area contributed by atoms with Gasteiger partial charge in [-0.2, -0.15) is 0 Å². The van der Waals surface area contributed by atoms with Crippen LogP contribution in [0.5, 0.6) is 0 Å². The van der Waals surface area contributed by atoms with Gasteiger partial charge in [0.05, 0.1) is 12.3 Å². The van der Waals surface area contributed by atoms with Crippen LogP contribution in [-0.2, 0) is 0 Å². The molecule has 1 unspecified atom stereocenters. The minimum absolute atomic E-state index is 0.0635. The number of likely N-dealkylation sites (tertiary alicyclic amines) is 1. The maximum atomic E-state index is 12.2. The number of carbonyl (C=O) groups is 1. The Morgan fingerprint density at radius 2 is 1.90 bits per heavy atom. The first kappa shape index (κ1) is 21.9. The number of piperidine rings is 1. The quantitative estimate of drug-likeness (QED) is 0.353. The molecule has 1 fully saturated rings. The number of rotatable bonds is 8. The van der Waals surface area contributed by atoms with Gasteiger partial charge in [-0.05, 0) is 57.1 Å². The maximum absolute atomic E-state index is 12.2. The van der Waals surface area contributed by atoms with Crippen LogP contribution in [0.3, 0.4) is 0 Å². The molecule has 0 aliphatic carbocycles. The van der Waals surface area contributed by atoms with Gasteiger partial charge in [0.1, 0.15) is 5.76 Å². The molecule has 1 aliphatic heterocycles. The molecule has 1 atom stereocenters. The highest BCUT2D eigenvalue weighted by Crippen LogP contribution is 2.24. The van der Waals surface area contributed by atoms with E-state index < -0.39 is 0 Å². The first-order chi connectivity index (χ1) is 14.7. The maximum Gasteiger partial charge on any atom is 0.251 e. The number of guanidine groups is 1. The molecule has 0 saturated carbocycles. The summed E-state index contributed by atoms with van der Waals surface area (Å²) in [6, 6.07) is 11.7. The molecule has 30 heavy (non-hydrogen) atoms. The molecule has 0 spiro atoms. The third-order valence-electron chi connectivity index (χ3n) is 5.37. The number of nitrogens with one attached hydrogen (secondary N) is 3. The molecule has 1 amide bonds. The van der Waals surface area contributed by atoms with Crippen LogP contribution in [0.4, 0.5) is 0 Å². The van der Waals surface area contributed by atoms with Crippen molar-refractivity contribution >= 4 is 11.9 Å². The van der Waals surface area contributed by atoms with Gasteiger partial charge in [0.2, 0.25) is 0 Å². The number of aliphatic imine (C=N–C) groups is 1. The minimum Gasteiger partial charge on any atom is -0.468 e. The molecule has 2 aromatic rings. The molecule has 3 rings (SSSR count). The predicted octanol–water partition coefficient (Wildman–Crippen LogP) is 2.71. The Morgan fingerprint density at radius 3 is 2.60 bits per heavy atom. The first-order valence-electron chi connectivity index (χ1n) is 10.7. The van der Waals surface area contributed by atoms with Crippen LogP contribution in [0, 0.1) is 6.92 Å². The van der Waals surface area contributed by atoms with E-state index >= 15 is 0 Å². The molecular weight excluding hydrogens is 378 g/mol. The topological polar surface area (TPSA) is 81.9 Å². The third-order valence-corrected chi connectivity index (χ3v) is 5.37. The second-order valence-electron chi connectivity index (χ2n) is 7.63. The molecule has 7 nitrogen and oxygen atoms in total. The lowest BCUT2D eigenvalue weighted by Gasteiger charge is -2.33. The summed E-state index contributed by atoms with van der Waals surface area (Å²) >= 11 is 0. The van der Waals surface area contributed by atoms with E-state index in [9.17, 15) is 4.79 Å². The van der Waals surface area contributed by atoms with Gasteiger partial charge < -0.3 is 20.4 Å². The lowest BCUT2D eigenvalue weighted by molar-refractivity contribution is 0.0954. The van der Waals surface area contributed by atoms with Gasteiger partial charge in [0.15, 0.2) is 5.96 Å². The van der Waals surface area contributed by atoms with E-state index in [-0.39, 0.29) is 11.9 Å². The van der Waals surface area contributed by atoms with Crippen LogP contribution < -0.4 is 16.0 Å². The Bertz CT molecular complexity index is 813. The summed E-state index contributed by atoms with van der Waals surface area (Å²) in [7, 11) is 1.75. The normalized spacial score (nSPS) is 16.1. The van der Waals surface area contributed by atoms with Crippen LogP contribution in [0.25, 0.3) is 0 Å². The predicted molar refractivity (Wildman–Crippen MR) is 120 cm³/mol. The SMILES string of the molecule is CN=C(NCCNC(=O)c1cccc(C)c1)NCC(c1ccco1)N1CCCCC1. The lowest BCUT2D eigenvalue weighted by Crippen LogP contribution is -2.46. The summed E-state index contributed by atoms with van der Waals surface area (Å²) in [5, 5.41) is 9.61. The molecule has 1 aromatic heterocycles. The molecule has 2 heterocycles. The second kappa shape index (κ2) is 11.4. The number of nitrogens with zero attached hydrogens (tertiary/aromatic N) is 2. The zero-order valence-electron chi connectivity index (χ0n) is 18.0. The van der Waals surface area contributed by atoms with Crippen molar-refractivity contribution in [1.82, 2.24) is 20.9 Å². The monoisotopic (exact) mass is 411 g/mol. The standard InChI is InChI=1S/C23H33N5O2/c1-18-8-6-9-19(16-18)22(29)25-11-12-26-23(24-2)27-17-20(21-10-7-15-30-21)28-13-4-3-5-14-28/h6-10,15-16,20H,3-5,11-14,17H2,1-2H3,(H,25,29)(H2,24,26,27). The van der Waals surface area contributed by atoms with Crippen LogP contribution in [0.15, 0.2) is 52.1 Å². The molecule has 3 N–H and O–H groups in total. The van der Waals surface area contributed by atoms with Crippen molar-refractivity contribution in [3.05, 3.63) is 59.5 Å². The fourth-order valence-electron chi connectivity index (χ4n) is 3.78. The van der Waals surface area contributed by atoms with Crippen molar-refractivity contribution < 1.29 is 9.21 Å². The Balaban J connectivity index is 1.44. The zero-order valence-corrected chi connectivity index (χ0v) is 18.0. The summed E-state index contributed by atoms with van der Waals surface area (Å²) in [6.45, 7) is 5.97. The molecule has 0 bridgehead atoms. The van der Waals surface area contributed by atoms with Crippen molar-refractivity contribution in [1.29, 1.82) is 0 Å². The minimum atomic E-state index is -0.0635. The van der Waals surface area contributed by atoms with E-state index in [0.717, 1.165) is 24.4 Å². The third kappa shape index (κ3) is 6.35. The van der Waals surface area contributed by atoms with Crippen molar-refractivity contribution in [2.45, 2.75) is 32.2 Å². The van der Waals surface area contributed by atoms with Gasteiger partial charge in [-0.15, -0.1) is 0 Å². The van der Waals surface area contributed by atoms with E-state index in [1.165, 1.54) is 19.3 Å². The fraction of sp³-hybridized carbons (Fsp3) is 0.478. The van der Waals surface area contributed by atoms with Crippen LogP contribution in [0.1, 0.15) is 47.0 Å². The number of hydrogen-bond donors (Lipinski definition) is 3. The van der Waals surface area contributed by atoms with Gasteiger partial charge in [-0.25, -0.2) is 0 Å². The van der Waals surface area contributed by atoms with Gasteiger partial charge in [0.25, 0.3) is 5.91 Å². The fourth-order valence-corrected chi connectivity index (χ4v) is 3.78. The van der Waals surface area contributed by atoms with E-state index in [2.05, 4.69) is 25.8 Å². The van der Waals surface area contributed by atoms with Gasteiger partial charge in [0, 0.05) is 32.2 Å². The summed E-state index contributed by atoms with van der Waals surface area (Å²) in [5.74, 6) is 1.63. The summed E-state index contributed by atoms with van der Waals surface area (Å²) in [4.78, 5) is 19.0. The van der Waals surface area contributed by atoms with Crippen LogP contribution in [0.2, 0.25) is 0 Å². The van der Waals surface area contributed by atoms with Crippen LogP contribution in [-0.4, -0.2) is 56.5 Å². The van der Waals surface area contributed by atoms with E-state index in [1.54, 1.807) is 13.3 Å². The molecular formula is C23H33N5O2. The number of amides is 1. The van der Waals surface area contributed by atoms with Crippen molar-refractivity contribution in [2.24, 2.45) is 4.99 Å². The first-order valence-corrected chi connectivity index (χ1v) is 10.7. The smallest absolute Gasteiger partial charge is 0.251 e. The van der Waals surface area contributed by atoms with E-state index in [4.69, 9.17) is 4.42 Å². The Hall–Kier alpha value is -2.80. The molecule has 162 valence electrons. The highest BCUT2D eigenvalue weighted by molar-refractivity contribution is 5.94. The highest BCUT2D eigenvalue weighted by atomic mass is 16.3. The number of hydrogen-bond acceptors (Lipinski definition) is 4. The van der Waals surface area contributed by atoms with Crippen molar-refractivity contribution in [3.8, 4) is 0 Å². The van der Waals surface area contributed by atoms with Crippen LogP contribution >= 0.6 is 0 Å².